The zero-order valence-corrected chi connectivity index (χ0v) is 19.9. The van der Waals surface area contributed by atoms with E-state index in [1.54, 1.807) is 18.2 Å². The van der Waals surface area contributed by atoms with Crippen LogP contribution in [0.4, 0.5) is 11.4 Å². The average Bonchev–Trinajstić information content (AvgIpc) is 2.87. The van der Waals surface area contributed by atoms with Crippen LogP contribution in [0, 0.1) is 0 Å². The summed E-state index contributed by atoms with van der Waals surface area (Å²) < 4.78 is 42.0. The molecule has 3 aromatic carbocycles. The Labute approximate surface area is 197 Å². The predicted molar refractivity (Wildman–Crippen MR) is 127 cm³/mol. The van der Waals surface area contributed by atoms with Gasteiger partial charge in [0.25, 0.3) is 15.9 Å². The number of rotatable bonds is 8. The van der Waals surface area contributed by atoms with E-state index >= 15 is 0 Å². The number of anilines is 2. The summed E-state index contributed by atoms with van der Waals surface area (Å²) in [5.41, 5.74) is 0.878. The molecule has 0 saturated carbocycles. The van der Waals surface area contributed by atoms with Gasteiger partial charge in [0, 0.05) is 24.7 Å². The predicted octanol–water partition coefficient (Wildman–Crippen LogP) is 3.57. The Morgan fingerprint density at radius 3 is 2.00 bits per heavy atom. The number of carbonyl (C=O) groups excluding carboxylic acids is 2. The zero-order valence-electron chi connectivity index (χ0n) is 19.1. The number of ether oxygens (including phenoxy) is 3. The van der Waals surface area contributed by atoms with Gasteiger partial charge in [0.1, 0.15) is 0 Å². The van der Waals surface area contributed by atoms with Gasteiger partial charge < -0.3 is 19.5 Å². The van der Waals surface area contributed by atoms with Crippen molar-refractivity contribution in [2.24, 2.45) is 0 Å². The summed E-state index contributed by atoms with van der Waals surface area (Å²) in [5.74, 6) is -0.571. The first-order valence-corrected chi connectivity index (χ1v) is 11.5. The fraction of sp³-hybridized carbons (Fsp3) is 0.167. The van der Waals surface area contributed by atoms with Crippen LogP contribution in [0.1, 0.15) is 20.7 Å². The summed E-state index contributed by atoms with van der Waals surface area (Å²) in [6, 6.07) is 16.9. The normalized spacial score (nSPS) is 10.8. The van der Waals surface area contributed by atoms with Crippen LogP contribution in [0.25, 0.3) is 0 Å². The lowest BCUT2D eigenvalue weighted by Gasteiger charge is -2.20. The maximum Gasteiger partial charge on any atom is 0.340 e. The van der Waals surface area contributed by atoms with Crippen molar-refractivity contribution in [3.63, 3.8) is 0 Å². The summed E-state index contributed by atoms with van der Waals surface area (Å²) in [6.45, 7) is 0. The largest absolute Gasteiger partial charge is 0.493 e. The number of esters is 1. The second-order valence-electron chi connectivity index (χ2n) is 7.03. The number of hydrogen-bond acceptors (Lipinski definition) is 7. The monoisotopic (exact) mass is 484 g/mol. The quantitative estimate of drug-likeness (QED) is 0.487. The van der Waals surface area contributed by atoms with Gasteiger partial charge in [-0.3, -0.25) is 9.10 Å². The fourth-order valence-electron chi connectivity index (χ4n) is 3.17. The second-order valence-corrected chi connectivity index (χ2v) is 9.00. The molecule has 3 rings (SSSR count). The van der Waals surface area contributed by atoms with E-state index in [1.807, 2.05) is 0 Å². The lowest BCUT2D eigenvalue weighted by molar-refractivity contribution is 0.0601. The smallest absolute Gasteiger partial charge is 0.340 e. The molecule has 0 atom stereocenters. The van der Waals surface area contributed by atoms with Gasteiger partial charge in [-0.1, -0.05) is 18.2 Å². The Kier molecular flexibility index (Phi) is 7.42. The Morgan fingerprint density at radius 2 is 1.44 bits per heavy atom. The van der Waals surface area contributed by atoms with Crippen LogP contribution in [0.15, 0.2) is 71.6 Å². The van der Waals surface area contributed by atoms with Gasteiger partial charge in [-0.05, 0) is 36.4 Å². The number of amides is 1. The third kappa shape index (κ3) is 4.96. The number of nitrogens with zero attached hydrogens (tertiary/aromatic N) is 1. The van der Waals surface area contributed by atoms with Crippen LogP contribution in [0.5, 0.6) is 11.5 Å². The van der Waals surface area contributed by atoms with Crippen LogP contribution in [-0.4, -0.2) is 48.7 Å². The van der Waals surface area contributed by atoms with Crippen molar-refractivity contribution in [1.29, 1.82) is 0 Å². The molecular formula is C24H24N2O7S. The van der Waals surface area contributed by atoms with Crippen molar-refractivity contribution in [2.75, 3.05) is 38.0 Å². The van der Waals surface area contributed by atoms with Gasteiger partial charge in [-0.2, -0.15) is 0 Å². The molecule has 1 N–H and O–H groups in total. The number of hydrogen-bond donors (Lipinski definition) is 1. The molecule has 0 heterocycles. The van der Waals surface area contributed by atoms with Gasteiger partial charge in [-0.15, -0.1) is 0 Å². The third-order valence-electron chi connectivity index (χ3n) is 5.07. The zero-order chi connectivity index (χ0) is 24.9. The fourth-order valence-corrected chi connectivity index (χ4v) is 4.38. The molecule has 34 heavy (non-hydrogen) atoms. The van der Waals surface area contributed by atoms with E-state index in [2.05, 4.69) is 5.32 Å². The molecule has 0 spiro atoms. The Balaban J connectivity index is 1.86. The van der Waals surface area contributed by atoms with Gasteiger partial charge in [0.2, 0.25) is 0 Å². The van der Waals surface area contributed by atoms with E-state index in [0.29, 0.717) is 17.2 Å². The minimum Gasteiger partial charge on any atom is -0.493 e. The van der Waals surface area contributed by atoms with Crippen LogP contribution < -0.4 is 19.1 Å². The molecule has 0 aliphatic carbocycles. The van der Waals surface area contributed by atoms with Crippen molar-refractivity contribution in [1.82, 2.24) is 0 Å². The van der Waals surface area contributed by atoms with Gasteiger partial charge in [-0.25, -0.2) is 13.2 Å². The Bertz CT molecular complexity index is 1290. The van der Waals surface area contributed by atoms with Gasteiger partial charge >= 0.3 is 5.97 Å². The molecule has 10 heteroatoms. The minimum absolute atomic E-state index is 0.0822. The van der Waals surface area contributed by atoms with E-state index < -0.39 is 21.9 Å². The first-order valence-electron chi connectivity index (χ1n) is 10.0. The first-order chi connectivity index (χ1) is 16.2. The Morgan fingerprint density at radius 1 is 0.853 bits per heavy atom. The highest BCUT2D eigenvalue weighted by atomic mass is 32.2. The lowest BCUT2D eigenvalue weighted by Crippen LogP contribution is -2.26. The molecular weight excluding hydrogens is 460 g/mol. The first kappa shape index (κ1) is 24.6. The molecule has 0 saturated heterocycles. The molecule has 9 nitrogen and oxygen atoms in total. The number of methoxy groups -OCH3 is 3. The molecule has 0 aromatic heterocycles. The molecule has 0 unspecified atom stereocenters. The standard InChI is InChI=1S/C24H24N2O7S/c1-26(34(29,30)18-8-6-5-7-9-18)17-12-10-16(11-13-17)23(27)25-20-15-22(32-3)21(31-2)14-19(20)24(28)33-4/h5-15H,1-4H3,(H,25,27). The third-order valence-corrected chi connectivity index (χ3v) is 6.87. The maximum atomic E-state index is 12.9. The van der Waals surface area contributed by atoms with Crippen LogP contribution in [0.3, 0.4) is 0 Å². The topological polar surface area (TPSA) is 111 Å². The summed E-state index contributed by atoms with van der Waals surface area (Å²) in [7, 11) is 1.76. The van der Waals surface area contributed by atoms with Crippen molar-refractivity contribution < 1.29 is 32.2 Å². The summed E-state index contributed by atoms with van der Waals surface area (Å²) in [6.07, 6.45) is 0. The average molecular weight is 485 g/mol. The molecule has 3 aromatic rings. The van der Waals surface area contributed by atoms with Crippen LogP contribution in [-0.2, 0) is 14.8 Å². The van der Waals surface area contributed by atoms with Crippen molar-refractivity contribution in [2.45, 2.75) is 4.90 Å². The van der Waals surface area contributed by atoms with Crippen molar-refractivity contribution >= 4 is 33.3 Å². The number of benzene rings is 3. The summed E-state index contributed by atoms with van der Waals surface area (Å²) >= 11 is 0. The highest BCUT2D eigenvalue weighted by molar-refractivity contribution is 7.92. The number of nitrogens with one attached hydrogen (secondary N) is 1. The lowest BCUT2D eigenvalue weighted by atomic mass is 10.1. The molecule has 178 valence electrons. The van der Waals surface area contributed by atoms with E-state index in [4.69, 9.17) is 14.2 Å². The molecule has 0 aliphatic rings. The SMILES string of the molecule is COC(=O)c1cc(OC)c(OC)cc1NC(=O)c1ccc(N(C)S(=O)(=O)c2ccccc2)cc1. The van der Waals surface area contributed by atoms with Crippen LogP contribution in [0.2, 0.25) is 0 Å². The second kappa shape index (κ2) is 10.3. The maximum absolute atomic E-state index is 12.9. The van der Waals surface area contributed by atoms with Gasteiger partial charge in [0.15, 0.2) is 11.5 Å². The molecule has 0 bridgehead atoms. The van der Waals surface area contributed by atoms with Crippen LogP contribution >= 0.6 is 0 Å². The highest BCUT2D eigenvalue weighted by Crippen LogP contribution is 2.34. The highest BCUT2D eigenvalue weighted by Gasteiger charge is 2.22. The summed E-state index contributed by atoms with van der Waals surface area (Å²) in [4.78, 5) is 25.2. The van der Waals surface area contributed by atoms with E-state index in [0.717, 1.165) is 4.31 Å². The van der Waals surface area contributed by atoms with Gasteiger partial charge in [0.05, 0.1) is 43.2 Å². The van der Waals surface area contributed by atoms with E-state index in [1.165, 1.54) is 76.9 Å². The van der Waals surface area contributed by atoms with Crippen molar-refractivity contribution in [3.8, 4) is 11.5 Å². The molecule has 0 aliphatic heterocycles. The molecule has 0 radical (unpaired) electrons. The number of carbonyl (C=O) groups is 2. The minimum atomic E-state index is -3.75. The van der Waals surface area contributed by atoms with E-state index in [-0.39, 0.29) is 21.7 Å². The molecule has 1 amide bonds. The van der Waals surface area contributed by atoms with E-state index in [9.17, 15) is 18.0 Å². The Hall–Kier alpha value is -4.05. The number of sulfonamides is 1. The molecule has 0 fully saturated rings. The summed E-state index contributed by atoms with van der Waals surface area (Å²) in [5, 5.41) is 2.67. The van der Waals surface area contributed by atoms with Crippen molar-refractivity contribution in [3.05, 3.63) is 77.9 Å².